The van der Waals surface area contributed by atoms with Crippen LogP contribution in [0.15, 0.2) is 28.8 Å². The van der Waals surface area contributed by atoms with E-state index in [9.17, 15) is 4.79 Å². The zero-order valence-electron chi connectivity index (χ0n) is 13.8. The van der Waals surface area contributed by atoms with Gasteiger partial charge in [0, 0.05) is 30.5 Å². The lowest BCUT2D eigenvalue weighted by Crippen LogP contribution is -2.40. The van der Waals surface area contributed by atoms with Crippen molar-refractivity contribution in [2.45, 2.75) is 39.5 Å². The second-order valence-electron chi connectivity index (χ2n) is 6.27. The minimum atomic E-state index is -0.0425. The van der Waals surface area contributed by atoms with Crippen LogP contribution in [-0.4, -0.2) is 34.0 Å². The topological polar surface area (TPSA) is 59.2 Å². The van der Waals surface area contributed by atoms with Gasteiger partial charge < -0.3 is 9.42 Å². The predicted octanol–water partition coefficient (Wildman–Crippen LogP) is 3.04. The summed E-state index contributed by atoms with van der Waals surface area (Å²) >= 11 is 0. The minimum absolute atomic E-state index is 0.0425. The third-order valence-electron chi connectivity index (χ3n) is 4.38. The number of rotatable bonds is 4. The first kappa shape index (κ1) is 15.7. The van der Waals surface area contributed by atoms with E-state index in [-0.39, 0.29) is 5.91 Å². The Morgan fingerprint density at radius 1 is 1.39 bits per heavy atom. The molecule has 1 atom stereocenters. The number of aryl methyl sites for hydroxylation is 2. The van der Waals surface area contributed by atoms with Gasteiger partial charge >= 0.3 is 0 Å². The molecule has 0 bridgehead atoms. The maximum absolute atomic E-state index is 12.6. The van der Waals surface area contributed by atoms with E-state index in [1.54, 1.807) is 6.07 Å². The van der Waals surface area contributed by atoms with Gasteiger partial charge in [-0.2, -0.15) is 0 Å². The van der Waals surface area contributed by atoms with Crippen LogP contribution in [0.5, 0.6) is 0 Å². The predicted molar refractivity (Wildman–Crippen MR) is 87.2 cm³/mol. The first-order chi connectivity index (χ1) is 11.2. The van der Waals surface area contributed by atoms with Gasteiger partial charge in [0.15, 0.2) is 0 Å². The molecule has 1 aliphatic rings. The monoisotopic (exact) mass is 313 g/mol. The van der Waals surface area contributed by atoms with Crippen LogP contribution in [0.1, 0.15) is 47.4 Å². The Balaban J connectivity index is 1.64. The van der Waals surface area contributed by atoms with Crippen molar-refractivity contribution in [3.63, 3.8) is 0 Å². The Morgan fingerprint density at radius 3 is 3.00 bits per heavy atom. The average Bonchev–Trinajstić information content (AvgIpc) is 3.03. The number of hydrogen-bond donors (Lipinski definition) is 0. The molecular formula is C18H23N3O2. The average molecular weight is 313 g/mol. The van der Waals surface area contributed by atoms with Crippen molar-refractivity contribution >= 4 is 5.91 Å². The number of amides is 1. The van der Waals surface area contributed by atoms with Gasteiger partial charge in [-0.15, -0.1) is 0 Å². The summed E-state index contributed by atoms with van der Waals surface area (Å²) in [4.78, 5) is 19.0. The first-order valence-corrected chi connectivity index (χ1v) is 8.33. The number of hydrogen-bond acceptors (Lipinski definition) is 4. The van der Waals surface area contributed by atoms with Gasteiger partial charge in [-0.3, -0.25) is 9.78 Å². The normalized spacial score (nSPS) is 18.2. The summed E-state index contributed by atoms with van der Waals surface area (Å²) in [5.74, 6) is 0.769. The molecule has 1 amide bonds. The molecule has 0 aliphatic carbocycles. The van der Waals surface area contributed by atoms with E-state index in [0.717, 1.165) is 55.9 Å². The molecule has 0 N–H and O–H groups in total. The Labute approximate surface area is 136 Å². The van der Waals surface area contributed by atoms with Crippen molar-refractivity contribution in [3.8, 4) is 0 Å². The zero-order chi connectivity index (χ0) is 16.2. The highest BCUT2D eigenvalue weighted by molar-refractivity contribution is 5.91. The van der Waals surface area contributed by atoms with E-state index in [2.05, 4.69) is 16.2 Å². The molecule has 23 heavy (non-hydrogen) atoms. The van der Waals surface area contributed by atoms with Crippen molar-refractivity contribution in [2.75, 3.05) is 13.1 Å². The molecule has 1 fully saturated rings. The molecule has 0 saturated carbocycles. The van der Waals surface area contributed by atoms with Crippen LogP contribution in [0.3, 0.4) is 0 Å². The molecule has 2 aromatic rings. The van der Waals surface area contributed by atoms with Gasteiger partial charge in [0.25, 0.3) is 5.91 Å². The second kappa shape index (κ2) is 6.94. The summed E-state index contributed by atoms with van der Waals surface area (Å²) < 4.78 is 5.19. The summed E-state index contributed by atoms with van der Waals surface area (Å²) in [6.07, 6.45) is 3.85. The summed E-state index contributed by atoms with van der Waals surface area (Å²) in [5, 5.41) is 3.91. The standard InChI is InChI=1S/C18H23N3O2/c1-3-15-11-17(23-20-15)18(22)21-9-5-7-14(12-21)10-16-8-4-6-13(2)19-16/h4,6,8,11,14H,3,5,7,9-10,12H2,1-2H3/t14-/m1/s1. The highest BCUT2D eigenvalue weighted by Crippen LogP contribution is 2.22. The molecule has 122 valence electrons. The second-order valence-corrected chi connectivity index (χ2v) is 6.27. The molecule has 1 aliphatic heterocycles. The number of carbonyl (C=O) groups excluding carboxylic acids is 1. The van der Waals surface area contributed by atoms with Crippen molar-refractivity contribution < 1.29 is 9.32 Å². The molecular weight excluding hydrogens is 290 g/mol. The van der Waals surface area contributed by atoms with Crippen molar-refractivity contribution in [1.82, 2.24) is 15.0 Å². The Bertz CT molecular complexity index is 680. The molecule has 3 heterocycles. The van der Waals surface area contributed by atoms with E-state index in [4.69, 9.17) is 4.52 Å². The zero-order valence-corrected chi connectivity index (χ0v) is 13.8. The number of piperidine rings is 1. The minimum Gasteiger partial charge on any atom is -0.351 e. The summed E-state index contributed by atoms with van der Waals surface area (Å²) in [7, 11) is 0. The summed E-state index contributed by atoms with van der Waals surface area (Å²) in [5.41, 5.74) is 2.98. The van der Waals surface area contributed by atoms with E-state index >= 15 is 0 Å². The molecule has 3 rings (SSSR count). The van der Waals surface area contributed by atoms with E-state index in [1.165, 1.54) is 0 Å². The van der Waals surface area contributed by atoms with Crippen LogP contribution >= 0.6 is 0 Å². The first-order valence-electron chi connectivity index (χ1n) is 8.33. The van der Waals surface area contributed by atoms with Crippen molar-refractivity contribution in [1.29, 1.82) is 0 Å². The lowest BCUT2D eigenvalue weighted by Gasteiger charge is -2.32. The van der Waals surface area contributed by atoms with Crippen LogP contribution in [0, 0.1) is 12.8 Å². The van der Waals surface area contributed by atoms with Crippen LogP contribution in [0.25, 0.3) is 0 Å². The van der Waals surface area contributed by atoms with Gasteiger partial charge in [0.2, 0.25) is 5.76 Å². The highest BCUT2D eigenvalue weighted by atomic mass is 16.5. The maximum Gasteiger partial charge on any atom is 0.292 e. The van der Waals surface area contributed by atoms with Crippen molar-refractivity contribution in [2.24, 2.45) is 5.92 Å². The summed E-state index contributed by atoms with van der Waals surface area (Å²) in [6, 6.07) is 7.88. The van der Waals surface area contributed by atoms with Crippen LogP contribution in [0.4, 0.5) is 0 Å². The Hall–Kier alpha value is -2.17. The lowest BCUT2D eigenvalue weighted by molar-refractivity contribution is 0.0631. The lowest BCUT2D eigenvalue weighted by atomic mass is 9.93. The number of nitrogens with zero attached hydrogens (tertiary/aromatic N) is 3. The van der Waals surface area contributed by atoms with E-state index < -0.39 is 0 Å². The van der Waals surface area contributed by atoms with Gasteiger partial charge in [0.05, 0.1) is 5.69 Å². The molecule has 5 nitrogen and oxygen atoms in total. The van der Waals surface area contributed by atoms with Crippen LogP contribution < -0.4 is 0 Å². The smallest absolute Gasteiger partial charge is 0.292 e. The number of aromatic nitrogens is 2. The molecule has 0 spiro atoms. The van der Waals surface area contributed by atoms with Gasteiger partial charge in [-0.05, 0) is 50.7 Å². The number of carbonyl (C=O) groups is 1. The third-order valence-corrected chi connectivity index (χ3v) is 4.38. The number of pyridine rings is 1. The van der Waals surface area contributed by atoms with Crippen LogP contribution in [-0.2, 0) is 12.8 Å². The third kappa shape index (κ3) is 3.78. The van der Waals surface area contributed by atoms with E-state index in [0.29, 0.717) is 11.7 Å². The van der Waals surface area contributed by atoms with Crippen molar-refractivity contribution in [3.05, 3.63) is 47.1 Å². The van der Waals surface area contributed by atoms with Gasteiger partial charge in [0.1, 0.15) is 0 Å². The van der Waals surface area contributed by atoms with Gasteiger partial charge in [-0.1, -0.05) is 18.1 Å². The molecule has 2 aromatic heterocycles. The molecule has 0 unspecified atom stereocenters. The highest BCUT2D eigenvalue weighted by Gasteiger charge is 2.27. The van der Waals surface area contributed by atoms with Gasteiger partial charge in [-0.25, -0.2) is 0 Å². The largest absolute Gasteiger partial charge is 0.351 e. The maximum atomic E-state index is 12.6. The Morgan fingerprint density at radius 2 is 2.26 bits per heavy atom. The fraction of sp³-hybridized carbons (Fsp3) is 0.500. The Kier molecular flexibility index (Phi) is 4.74. The number of likely N-dealkylation sites (tertiary alicyclic amines) is 1. The van der Waals surface area contributed by atoms with E-state index in [1.807, 2.05) is 30.9 Å². The molecule has 5 heteroatoms. The molecule has 1 saturated heterocycles. The fourth-order valence-corrected chi connectivity index (χ4v) is 3.16. The SMILES string of the molecule is CCc1cc(C(=O)N2CCC[C@H](Cc3cccc(C)n3)C2)on1. The molecule has 0 radical (unpaired) electrons. The summed E-state index contributed by atoms with van der Waals surface area (Å²) in [6.45, 7) is 5.56. The molecule has 0 aromatic carbocycles. The fourth-order valence-electron chi connectivity index (χ4n) is 3.16. The van der Waals surface area contributed by atoms with Crippen LogP contribution in [0.2, 0.25) is 0 Å². The quantitative estimate of drug-likeness (QED) is 0.870.